The molecule has 0 radical (unpaired) electrons. The molecule has 0 amide bonds. The van der Waals surface area contributed by atoms with E-state index >= 15 is 0 Å². The maximum absolute atomic E-state index is 12.7. The van der Waals surface area contributed by atoms with Gasteiger partial charge in [0.2, 0.25) is 0 Å². The van der Waals surface area contributed by atoms with Gasteiger partial charge < -0.3 is 4.74 Å². The second kappa shape index (κ2) is 6.30. The summed E-state index contributed by atoms with van der Waals surface area (Å²) in [5, 5.41) is 0. The minimum atomic E-state index is -0.0891. The van der Waals surface area contributed by atoms with Gasteiger partial charge in [0.25, 0.3) is 0 Å². The largest absolute Gasteiger partial charge is 0.465 e. The van der Waals surface area contributed by atoms with Gasteiger partial charge in [-0.3, -0.25) is 4.79 Å². The van der Waals surface area contributed by atoms with E-state index in [2.05, 4.69) is 30.3 Å². The summed E-state index contributed by atoms with van der Waals surface area (Å²) in [5.74, 6) is 2.57. The molecule has 4 aliphatic carbocycles. The van der Waals surface area contributed by atoms with Crippen molar-refractivity contribution in [3.8, 4) is 0 Å². The summed E-state index contributed by atoms with van der Waals surface area (Å²) >= 11 is 0. The quantitative estimate of drug-likeness (QED) is 0.559. The molecule has 0 N–H and O–H groups in total. The lowest BCUT2D eigenvalue weighted by atomic mass is 9.49. The van der Waals surface area contributed by atoms with Gasteiger partial charge in [-0.25, -0.2) is 0 Å². The second-order valence-corrected chi connectivity index (χ2v) is 8.28. The summed E-state index contributed by atoms with van der Waals surface area (Å²) < 4.78 is 5.73. The molecule has 1 aromatic carbocycles. The molecule has 0 unspecified atom stereocenters. The van der Waals surface area contributed by atoms with Gasteiger partial charge in [-0.2, -0.15) is 0 Å². The van der Waals surface area contributed by atoms with Gasteiger partial charge in [-0.05, 0) is 81.1 Å². The van der Waals surface area contributed by atoms with Gasteiger partial charge in [-0.1, -0.05) is 30.3 Å². The van der Waals surface area contributed by atoms with Crippen molar-refractivity contribution in [2.45, 2.75) is 57.8 Å². The van der Waals surface area contributed by atoms with Crippen molar-refractivity contribution in [3.63, 3.8) is 0 Å². The van der Waals surface area contributed by atoms with Crippen LogP contribution in [0.1, 0.15) is 56.9 Å². The highest BCUT2D eigenvalue weighted by molar-refractivity contribution is 5.77. The van der Waals surface area contributed by atoms with Crippen molar-refractivity contribution in [1.82, 2.24) is 0 Å². The Morgan fingerprint density at radius 2 is 1.57 bits per heavy atom. The van der Waals surface area contributed by atoms with Gasteiger partial charge in [0, 0.05) is 0 Å². The van der Waals surface area contributed by atoms with Gasteiger partial charge >= 0.3 is 5.97 Å². The smallest absolute Gasteiger partial charge is 0.312 e. The number of unbranched alkanes of at least 4 members (excludes halogenated alkanes) is 1. The van der Waals surface area contributed by atoms with Gasteiger partial charge in [0.15, 0.2) is 0 Å². The van der Waals surface area contributed by atoms with E-state index in [1.54, 1.807) is 0 Å². The molecule has 4 saturated carbocycles. The highest BCUT2D eigenvalue weighted by atomic mass is 16.5. The van der Waals surface area contributed by atoms with Crippen molar-refractivity contribution >= 4 is 5.97 Å². The number of rotatable bonds is 6. The topological polar surface area (TPSA) is 26.3 Å². The molecule has 0 aromatic heterocycles. The van der Waals surface area contributed by atoms with Crippen LogP contribution in [0.3, 0.4) is 0 Å². The predicted molar refractivity (Wildman–Crippen MR) is 90.9 cm³/mol. The number of hydrogen-bond donors (Lipinski definition) is 0. The summed E-state index contributed by atoms with van der Waals surface area (Å²) in [6.07, 6.45) is 10.6. The summed E-state index contributed by atoms with van der Waals surface area (Å²) in [4.78, 5) is 12.7. The van der Waals surface area contributed by atoms with Crippen LogP contribution < -0.4 is 0 Å². The third kappa shape index (κ3) is 3.18. The molecule has 124 valence electrons. The van der Waals surface area contributed by atoms with Crippen LogP contribution in [-0.4, -0.2) is 12.6 Å². The van der Waals surface area contributed by atoms with Gasteiger partial charge in [0.1, 0.15) is 0 Å². The van der Waals surface area contributed by atoms with Crippen LogP contribution in [0.2, 0.25) is 0 Å². The molecular formula is C21H28O2. The van der Waals surface area contributed by atoms with Crippen molar-refractivity contribution in [2.75, 3.05) is 6.61 Å². The van der Waals surface area contributed by atoms with Crippen LogP contribution >= 0.6 is 0 Å². The lowest BCUT2D eigenvalue weighted by Crippen LogP contribution is -2.50. The monoisotopic (exact) mass is 312 g/mol. The first-order valence-corrected chi connectivity index (χ1v) is 9.45. The average Bonchev–Trinajstić information content (AvgIpc) is 2.54. The van der Waals surface area contributed by atoms with E-state index in [-0.39, 0.29) is 11.4 Å². The fraction of sp³-hybridized carbons (Fsp3) is 0.667. The Balaban J connectivity index is 1.23. The lowest BCUT2D eigenvalue weighted by molar-refractivity contribution is -0.171. The molecule has 1 aromatic rings. The maximum Gasteiger partial charge on any atom is 0.312 e. The van der Waals surface area contributed by atoms with Crippen LogP contribution in [0.5, 0.6) is 0 Å². The summed E-state index contributed by atoms with van der Waals surface area (Å²) in [6, 6.07) is 10.6. The molecule has 0 aliphatic heterocycles. The molecule has 0 spiro atoms. The van der Waals surface area contributed by atoms with Crippen molar-refractivity contribution < 1.29 is 9.53 Å². The molecule has 4 aliphatic rings. The highest BCUT2D eigenvalue weighted by Crippen LogP contribution is 2.60. The third-order valence-electron chi connectivity index (χ3n) is 6.41. The molecule has 2 heteroatoms. The van der Waals surface area contributed by atoms with Crippen molar-refractivity contribution in [2.24, 2.45) is 23.2 Å². The Morgan fingerprint density at radius 3 is 2.17 bits per heavy atom. The van der Waals surface area contributed by atoms with Crippen molar-refractivity contribution in [3.05, 3.63) is 35.9 Å². The standard InChI is InChI=1S/C21H28O2/c22-20(23-9-5-4-8-16-6-2-1-3-7-16)21-13-17-10-18(14-21)12-19(11-17)15-21/h1-3,6-7,17-19H,4-5,8-15H2. The van der Waals surface area contributed by atoms with Crippen LogP contribution in [0.15, 0.2) is 30.3 Å². The number of carbonyl (C=O) groups is 1. The summed E-state index contributed by atoms with van der Waals surface area (Å²) in [6.45, 7) is 0.605. The number of esters is 1. The third-order valence-corrected chi connectivity index (χ3v) is 6.41. The molecular weight excluding hydrogens is 284 g/mol. The molecule has 2 nitrogen and oxygen atoms in total. The van der Waals surface area contributed by atoms with Crippen molar-refractivity contribution in [1.29, 1.82) is 0 Å². The maximum atomic E-state index is 12.7. The average molecular weight is 312 g/mol. The molecule has 4 fully saturated rings. The molecule has 5 rings (SSSR count). The normalized spacial score (nSPS) is 34.5. The Labute approximate surface area is 139 Å². The van der Waals surface area contributed by atoms with E-state index in [9.17, 15) is 4.79 Å². The first-order valence-electron chi connectivity index (χ1n) is 9.45. The molecule has 0 atom stereocenters. The fourth-order valence-corrected chi connectivity index (χ4v) is 5.75. The highest BCUT2D eigenvalue weighted by Gasteiger charge is 2.55. The SMILES string of the molecule is O=C(OCCCCc1ccccc1)C12CC3CC(CC(C3)C1)C2. The second-order valence-electron chi connectivity index (χ2n) is 8.28. The fourth-order valence-electron chi connectivity index (χ4n) is 5.75. The van der Waals surface area contributed by atoms with Crippen LogP contribution in [0.25, 0.3) is 0 Å². The van der Waals surface area contributed by atoms with E-state index in [1.807, 2.05) is 0 Å². The van der Waals surface area contributed by atoms with E-state index in [1.165, 1.54) is 24.8 Å². The summed E-state index contributed by atoms with van der Waals surface area (Å²) in [7, 11) is 0. The Bertz CT molecular complexity index is 513. The van der Waals surface area contributed by atoms with E-state index in [4.69, 9.17) is 4.74 Å². The zero-order valence-corrected chi connectivity index (χ0v) is 14.0. The zero-order chi connectivity index (χ0) is 15.7. The Morgan fingerprint density at radius 1 is 0.957 bits per heavy atom. The van der Waals surface area contributed by atoms with E-state index in [0.717, 1.165) is 56.3 Å². The minimum Gasteiger partial charge on any atom is -0.465 e. The molecule has 0 heterocycles. The van der Waals surface area contributed by atoms with E-state index in [0.29, 0.717) is 6.61 Å². The number of hydrogen-bond acceptors (Lipinski definition) is 2. The molecule has 4 bridgehead atoms. The first kappa shape index (κ1) is 15.2. The molecule has 23 heavy (non-hydrogen) atoms. The van der Waals surface area contributed by atoms with Crippen LogP contribution in [0, 0.1) is 23.2 Å². The number of ether oxygens (including phenoxy) is 1. The predicted octanol–water partition coefficient (Wildman–Crippen LogP) is 4.77. The minimum absolute atomic E-state index is 0.0891. The Hall–Kier alpha value is -1.31. The number of carbonyl (C=O) groups excluding carboxylic acids is 1. The Kier molecular flexibility index (Phi) is 4.17. The van der Waals surface area contributed by atoms with Gasteiger partial charge in [0.05, 0.1) is 12.0 Å². The van der Waals surface area contributed by atoms with Crippen LogP contribution in [0.4, 0.5) is 0 Å². The lowest BCUT2D eigenvalue weighted by Gasteiger charge is -2.55. The summed E-state index contributed by atoms with van der Waals surface area (Å²) in [5.41, 5.74) is 1.29. The first-order chi connectivity index (χ1) is 11.2. The number of benzene rings is 1. The van der Waals surface area contributed by atoms with Gasteiger partial charge in [-0.15, -0.1) is 0 Å². The molecule has 0 saturated heterocycles. The number of aryl methyl sites for hydroxylation is 1. The van der Waals surface area contributed by atoms with Crippen LogP contribution in [-0.2, 0) is 16.0 Å². The zero-order valence-electron chi connectivity index (χ0n) is 14.0. The van der Waals surface area contributed by atoms with E-state index < -0.39 is 0 Å².